The minimum absolute atomic E-state index is 0. The Morgan fingerprint density at radius 1 is 1.32 bits per heavy atom. The first-order valence-corrected chi connectivity index (χ1v) is 6.20. The Morgan fingerprint density at radius 2 is 2.11 bits per heavy atom. The van der Waals surface area contributed by atoms with Gasteiger partial charge in [0, 0.05) is 18.5 Å². The average molecular weight is 283 g/mol. The van der Waals surface area contributed by atoms with E-state index in [1.54, 1.807) is 0 Å². The van der Waals surface area contributed by atoms with Gasteiger partial charge in [-0.1, -0.05) is 25.1 Å². The number of H-pyrrole nitrogens is 1. The third-order valence-corrected chi connectivity index (χ3v) is 2.75. The van der Waals surface area contributed by atoms with Crippen LogP contribution in [-0.4, -0.2) is 35.7 Å². The molecule has 1 heterocycles. The molecule has 0 aliphatic heterocycles. The summed E-state index contributed by atoms with van der Waals surface area (Å²) in [5, 5.41) is 14.1. The lowest BCUT2D eigenvalue weighted by Gasteiger charge is -2.04. The Morgan fingerprint density at radius 3 is 2.89 bits per heavy atom. The van der Waals surface area contributed by atoms with Gasteiger partial charge in [0.05, 0.1) is 17.6 Å². The lowest BCUT2D eigenvalue weighted by atomic mass is 10.1. The second-order valence-corrected chi connectivity index (χ2v) is 4.10. The monoisotopic (exact) mass is 282 g/mol. The molecule has 0 unspecified atom stereocenters. The molecule has 19 heavy (non-hydrogen) atoms. The smallest absolute Gasteiger partial charge is 0.226 e. The molecule has 104 valence electrons. The molecular weight excluding hydrogens is 264 g/mol. The van der Waals surface area contributed by atoms with Gasteiger partial charge in [0.1, 0.15) is 0 Å². The number of hydrogen-bond acceptors (Lipinski definition) is 3. The molecule has 0 aliphatic carbocycles. The maximum Gasteiger partial charge on any atom is 0.226 e. The normalized spacial score (nSPS) is 10.2. The third-order valence-electron chi connectivity index (χ3n) is 2.75. The van der Waals surface area contributed by atoms with E-state index in [0.717, 1.165) is 29.7 Å². The molecule has 1 aromatic heterocycles. The highest BCUT2D eigenvalue weighted by Crippen LogP contribution is 2.15. The van der Waals surface area contributed by atoms with E-state index in [9.17, 15) is 4.79 Å². The van der Waals surface area contributed by atoms with Crippen LogP contribution in [-0.2, 0) is 11.2 Å². The van der Waals surface area contributed by atoms with E-state index in [0.29, 0.717) is 13.0 Å². The molecular formula is C13H19ClN4O. The number of halogens is 1. The van der Waals surface area contributed by atoms with Crippen LogP contribution < -0.4 is 10.6 Å². The average Bonchev–Trinajstić information content (AvgIpc) is 2.78. The van der Waals surface area contributed by atoms with Crippen molar-refractivity contribution in [2.75, 3.05) is 19.6 Å². The number of nitrogens with zero attached hydrogens (tertiary/aromatic N) is 1. The molecule has 5 nitrogen and oxygen atoms in total. The van der Waals surface area contributed by atoms with Crippen molar-refractivity contribution in [3.8, 4) is 0 Å². The molecule has 0 saturated carbocycles. The van der Waals surface area contributed by atoms with Crippen molar-refractivity contribution in [1.82, 2.24) is 20.8 Å². The standard InChI is InChI=1S/C13H18N4O.ClH/c1-2-14-7-8-15-13(18)9-12-10-5-3-4-6-11(10)16-17-12;/h3-6,14H,2,7-9H2,1H3,(H,15,18)(H,16,17);1H. The number of likely N-dealkylation sites (N-methyl/N-ethyl adjacent to an activating group) is 1. The number of aromatic nitrogens is 2. The van der Waals surface area contributed by atoms with Gasteiger partial charge in [-0.2, -0.15) is 5.10 Å². The van der Waals surface area contributed by atoms with Gasteiger partial charge in [-0.15, -0.1) is 12.4 Å². The zero-order valence-electron chi connectivity index (χ0n) is 10.9. The Hall–Kier alpha value is -1.59. The first-order chi connectivity index (χ1) is 8.81. The molecule has 1 aromatic carbocycles. The topological polar surface area (TPSA) is 69.8 Å². The number of amides is 1. The molecule has 1 amide bonds. The summed E-state index contributed by atoms with van der Waals surface area (Å²) in [5.74, 6) is 0.0160. The highest BCUT2D eigenvalue weighted by atomic mass is 35.5. The quantitative estimate of drug-likeness (QED) is 0.699. The van der Waals surface area contributed by atoms with Gasteiger partial charge < -0.3 is 10.6 Å². The predicted molar refractivity (Wildman–Crippen MR) is 78.6 cm³/mol. The van der Waals surface area contributed by atoms with Crippen LogP contribution in [0, 0.1) is 0 Å². The van der Waals surface area contributed by atoms with Gasteiger partial charge in [-0.05, 0) is 12.6 Å². The number of para-hydroxylation sites is 1. The van der Waals surface area contributed by atoms with Gasteiger partial charge in [-0.3, -0.25) is 9.89 Å². The van der Waals surface area contributed by atoms with Crippen LogP contribution in [0.25, 0.3) is 10.9 Å². The fourth-order valence-corrected chi connectivity index (χ4v) is 1.84. The van der Waals surface area contributed by atoms with Crippen molar-refractivity contribution >= 4 is 29.2 Å². The summed E-state index contributed by atoms with van der Waals surface area (Å²) in [6.45, 7) is 4.41. The first kappa shape index (κ1) is 15.5. The van der Waals surface area contributed by atoms with Gasteiger partial charge >= 0.3 is 0 Å². The van der Waals surface area contributed by atoms with Crippen LogP contribution >= 0.6 is 12.4 Å². The van der Waals surface area contributed by atoms with E-state index in [4.69, 9.17) is 0 Å². The van der Waals surface area contributed by atoms with E-state index in [2.05, 4.69) is 20.8 Å². The zero-order valence-corrected chi connectivity index (χ0v) is 11.7. The Bertz CT molecular complexity index is 526. The molecule has 0 radical (unpaired) electrons. The predicted octanol–water partition coefficient (Wildman–Crippen LogP) is 1.25. The second kappa shape index (κ2) is 7.76. The van der Waals surface area contributed by atoms with Gasteiger partial charge in [-0.25, -0.2) is 0 Å². The number of benzene rings is 1. The van der Waals surface area contributed by atoms with Crippen LogP contribution in [0.1, 0.15) is 12.6 Å². The van der Waals surface area contributed by atoms with Crippen molar-refractivity contribution in [2.24, 2.45) is 0 Å². The van der Waals surface area contributed by atoms with Gasteiger partial charge in [0.15, 0.2) is 0 Å². The number of hydrogen-bond donors (Lipinski definition) is 3. The third kappa shape index (κ3) is 4.22. The summed E-state index contributed by atoms with van der Waals surface area (Å²) in [4.78, 5) is 11.7. The number of carbonyl (C=O) groups excluding carboxylic acids is 1. The SMILES string of the molecule is CCNCCNC(=O)Cc1[nH]nc2ccccc12.Cl. The molecule has 6 heteroatoms. The molecule has 0 fully saturated rings. The van der Waals surface area contributed by atoms with E-state index in [-0.39, 0.29) is 18.3 Å². The summed E-state index contributed by atoms with van der Waals surface area (Å²) in [6.07, 6.45) is 0.340. The molecule has 0 aliphatic rings. The molecule has 0 bridgehead atoms. The van der Waals surface area contributed by atoms with Crippen LogP contribution in [0.5, 0.6) is 0 Å². The molecule has 0 saturated heterocycles. The maximum absolute atomic E-state index is 11.7. The van der Waals surface area contributed by atoms with Crippen LogP contribution in [0.3, 0.4) is 0 Å². The van der Waals surface area contributed by atoms with E-state index >= 15 is 0 Å². The number of rotatable bonds is 6. The molecule has 2 aromatic rings. The summed E-state index contributed by atoms with van der Waals surface area (Å²) in [6, 6.07) is 7.78. The second-order valence-electron chi connectivity index (χ2n) is 4.10. The summed E-state index contributed by atoms with van der Waals surface area (Å²) < 4.78 is 0. The summed E-state index contributed by atoms with van der Waals surface area (Å²) in [7, 11) is 0. The Labute approximate surface area is 118 Å². The molecule has 2 rings (SSSR count). The highest BCUT2D eigenvalue weighted by Gasteiger charge is 2.08. The van der Waals surface area contributed by atoms with Crippen molar-refractivity contribution in [1.29, 1.82) is 0 Å². The fourth-order valence-electron chi connectivity index (χ4n) is 1.84. The van der Waals surface area contributed by atoms with Crippen molar-refractivity contribution in [2.45, 2.75) is 13.3 Å². The van der Waals surface area contributed by atoms with Gasteiger partial charge in [0.25, 0.3) is 0 Å². The summed E-state index contributed by atoms with van der Waals surface area (Å²) >= 11 is 0. The molecule has 3 N–H and O–H groups in total. The fraction of sp³-hybridized carbons (Fsp3) is 0.385. The lowest BCUT2D eigenvalue weighted by Crippen LogP contribution is -2.32. The van der Waals surface area contributed by atoms with Crippen molar-refractivity contribution < 1.29 is 4.79 Å². The van der Waals surface area contributed by atoms with E-state index in [1.807, 2.05) is 31.2 Å². The Balaban J connectivity index is 0.00000180. The maximum atomic E-state index is 11.7. The van der Waals surface area contributed by atoms with Crippen LogP contribution in [0.15, 0.2) is 24.3 Å². The number of nitrogens with one attached hydrogen (secondary N) is 3. The first-order valence-electron chi connectivity index (χ1n) is 6.20. The Kier molecular flexibility index (Phi) is 6.32. The molecule has 0 spiro atoms. The van der Waals surface area contributed by atoms with Gasteiger partial charge in [0.2, 0.25) is 5.91 Å². The van der Waals surface area contributed by atoms with E-state index in [1.165, 1.54) is 0 Å². The minimum atomic E-state index is 0. The zero-order chi connectivity index (χ0) is 12.8. The van der Waals surface area contributed by atoms with Crippen LogP contribution in [0.4, 0.5) is 0 Å². The van der Waals surface area contributed by atoms with E-state index < -0.39 is 0 Å². The largest absolute Gasteiger partial charge is 0.354 e. The summed E-state index contributed by atoms with van der Waals surface area (Å²) in [5.41, 5.74) is 1.76. The number of fused-ring (bicyclic) bond motifs is 1. The molecule has 0 atom stereocenters. The van der Waals surface area contributed by atoms with Crippen LogP contribution in [0.2, 0.25) is 0 Å². The van der Waals surface area contributed by atoms with Crippen molar-refractivity contribution in [3.05, 3.63) is 30.0 Å². The number of carbonyl (C=O) groups is 1. The lowest BCUT2D eigenvalue weighted by molar-refractivity contribution is -0.120. The minimum Gasteiger partial charge on any atom is -0.354 e. The number of aromatic amines is 1. The van der Waals surface area contributed by atoms with Crippen molar-refractivity contribution in [3.63, 3.8) is 0 Å². The highest BCUT2D eigenvalue weighted by molar-refractivity contribution is 5.87.